The van der Waals surface area contributed by atoms with Crippen molar-refractivity contribution in [1.82, 2.24) is 9.21 Å². The molecule has 8 heteroatoms. The van der Waals surface area contributed by atoms with Gasteiger partial charge in [0.25, 0.3) is 5.91 Å². The van der Waals surface area contributed by atoms with E-state index in [1.807, 2.05) is 26.0 Å². The summed E-state index contributed by atoms with van der Waals surface area (Å²) in [6.07, 6.45) is 0. The Bertz CT molecular complexity index is 983. The molecule has 1 N–H and O–H groups in total. The van der Waals surface area contributed by atoms with Gasteiger partial charge in [0.1, 0.15) is 0 Å². The maximum Gasteiger partial charge on any atom is 0.255 e. The second-order valence-corrected chi connectivity index (χ2v) is 9.45. The summed E-state index contributed by atoms with van der Waals surface area (Å²) in [7, 11) is -3.63. The highest BCUT2D eigenvalue weighted by molar-refractivity contribution is 7.89. The van der Waals surface area contributed by atoms with E-state index in [1.165, 1.54) is 4.31 Å². The molecule has 1 aliphatic heterocycles. The monoisotopic (exact) mass is 444 g/mol. The van der Waals surface area contributed by atoms with Crippen molar-refractivity contribution in [2.75, 3.05) is 56.0 Å². The van der Waals surface area contributed by atoms with Gasteiger partial charge in [-0.1, -0.05) is 39.0 Å². The van der Waals surface area contributed by atoms with Gasteiger partial charge >= 0.3 is 0 Å². The number of piperazine rings is 1. The van der Waals surface area contributed by atoms with Crippen LogP contribution in [0.2, 0.25) is 0 Å². The molecule has 0 bridgehead atoms. The van der Waals surface area contributed by atoms with Crippen LogP contribution in [0.5, 0.6) is 0 Å². The fraction of sp³-hybridized carbons (Fsp3) is 0.435. The lowest BCUT2D eigenvalue weighted by Gasteiger charge is -2.36. The van der Waals surface area contributed by atoms with Crippen molar-refractivity contribution in [1.29, 1.82) is 0 Å². The number of rotatable bonds is 8. The number of nitrogens with zero attached hydrogens (tertiary/aromatic N) is 3. The molecular formula is C23H32N4O3S. The molecule has 0 radical (unpaired) electrons. The highest BCUT2D eigenvalue weighted by atomic mass is 32.2. The van der Waals surface area contributed by atoms with Crippen LogP contribution in [0.3, 0.4) is 0 Å². The van der Waals surface area contributed by atoms with E-state index in [0.29, 0.717) is 24.3 Å². The Kier molecular flexibility index (Phi) is 7.69. The smallest absolute Gasteiger partial charge is 0.255 e. The third-order valence-corrected chi connectivity index (χ3v) is 7.80. The molecule has 0 saturated carbocycles. The van der Waals surface area contributed by atoms with Gasteiger partial charge < -0.3 is 15.1 Å². The number of nitrogens with one attached hydrogen (secondary N) is 1. The maximum atomic E-state index is 13.1. The van der Waals surface area contributed by atoms with Gasteiger partial charge in [0.05, 0.1) is 16.3 Å². The first-order valence-corrected chi connectivity index (χ1v) is 12.3. The first kappa shape index (κ1) is 23.2. The van der Waals surface area contributed by atoms with E-state index in [-0.39, 0.29) is 10.8 Å². The van der Waals surface area contributed by atoms with Crippen molar-refractivity contribution in [2.24, 2.45) is 0 Å². The molecule has 1 fully saturated rings. The van der Waals surface area contributed by atoms with Gasteiger partial charge in [-0.05, 0) is 36.9 Å². The van der Waals surface area contributed by atoms with Gasteiger partial charge in [-0.3, -0.25) is 4.79 Å². The van der Waals surface area contributed by atoms with Crippen LogP contribution in [-0.2, 0) is 10.0 Å². The third kappa shape index (κ3) is 5.26. The topological polar surface area (TPSA) is 73.0 Å². The van der Waals surface area contributed by atoms with Gasteiger partial charge in [0, 0.05) is 44.8 Å². The van der Waals surface area contributed by atoms with Crippen LogP contribution >= 0.6 is 0 Å². The number of likely N-dealkylation sites (N-methyl/N-ethyl adjacent to an activating group) is 1. The van der Waals surface area contributed by atoms with Crippen molar-refractivity contribution < 1.29 is 13.2 Å². The molecule has 0 unspecified atom stereocenters. The maximum absolute atomic E-state index is 13.1. The molecule has 3 rings (SSSR count). The molecule has 0 spiro atoms. The van der Waals surface area contributed by atoms with Crippen molar-refractivity contribution in [3.8, 4) is 0 Å². The van der Waals surface area contributed by atoms with Crippen molar-refractivity contribution in [3.05, 3.63) is 54.1 Å². The first-order chi connectivity index (χ1) is 14.9. The summed E-state index contributed by atoms with van der Waals surface area (Å²) in [6.45, 7) is 11.1. The van der Waals surface area contributed by atoms with E-state index in [0.717, 1.165) is 38.4 Å². The number of sulfonamides is 1. The Labute approximate surface area is 185 Å². The zero-order chi connectivity index (χ0) is 22.4. The fourth-order valence-corrected chi connectivity index (χ4v) is 5.34. The molecule has 0 atom stereocenters. The lowest BCUT2D eigenvalue weighted by atomic mass is 10.1. The average Bonchev–Trinajstić information content (AvgIpc) is 2.80. The minimum absolute atomic E-state index is 0.190. The van der Waals surface area contributed by atoms with Crippen molar-refractivity contribution >= 4 is 27.3 Å². The largest absolute Gasteiger partial charge is 0.367 e. The number of carbonyl (C=O) groups excluding carboxylic acids is 1. The average molecular weight is 445 g/mol. The van der Waals surface area contributed by atoms with Crippen LogP contribution < -0.4 is 10.2 Å². The van der Waals surface area contributed by atoms with E-state index in [9.17, 15) is 13.2 Å². The SMILES string of the molecule is CCN1CCN(c2ccc(S(=O)(=O)N(CC)CC)cc2NC(=O)c2ccccc2)CC1. The van der Waals surface area contributed by atoms with Gasteiger partial charge in [-0.2, -0.15) is 4.31 Å². The molecule has 31 heavy (non-hydrogen) atoms. The Morgan fingerprint density at radius 1 is 0.968 bits per heavy atom. The number of hydrogen-bond donors (Lipinski definition) is 1. The third-order valence-electron chi connectivity index (χ3n) is 5.76. The summed E-state index contributed by atoms with van der Waals surface area (Å²) < 4.78 is 27.6. The standard InChI is InChI=1S/C23H32N4O3S/c1-4-25-14-16-26(17-15-25)22-13-12-20(31(29,30)27(5-2)6-3)18-21(22)24-23(28)19-10-8-7-9-11-19/h7-13,18H,4-6,14-17H2,1-3H3,(H,24,28). The Morgan fingerprint density at radius 3 is 2.19 bits per heavy atom. The van der Waals surface area contributed by atoms with E-state index < -0.39 is 10.0 Å². The van der Waals surface area contributed by atoms with Gasteiger partial charge in [-0.15, -0.1) is 0 Å². The minimum Gasteiger partial charge on any atom is -0.367 e. The van der Waals surface area contributed by atoms with Crippen molar-refractivity contribution in [3.63, 3.8) is 0 Å². The van der Waals surface area contributed by atoms with E-state index in [1.54, 1.807) is 36.4 Å². The summed E-state index contributed by atoms with van der Waals surface area (Å²) in [5.41, 5.74) is 1.90. The zero-order valence-corrected chi connectivity index (χ0v) is 19.4. The minimum atomic E-state index is -3.63. The highest BCUT2D eigenvalue weighted by Crippen LogP contribution is 2.31. The number of hydrogen-bond acceptors (Lipinski definition) is 5. The fourth-order valence-electron chi connectivity index (χ4n) is 3.85. The molecular weight excluding hydrogens is 412 g/mol. The molecule has 0 aliphatic carbocycles. The number of benzene rings is 2. The predicted molar refractivity (Wildman–Crippen MR) is 125 cm³/mol. The summed E-state index contributed by atoms with van der Waals surface area (Å²) in [5, 5.41) is 2.96. The highest BCUT2D eigenvalue weighted by Gasteiger charge is 2.25. The Hall–Kier alpha value is -2.42. The van der Waals surface area contributed by atoms with Gasteiger partial charge in [0.2, 0.25) is 10.0 Å². The number of carbonyl (C=O) groups is 1. The molecule has 1 amide bonds. The van der Waals surface area contributed by atoms with Crippen LogP contribution in [0, 0.1) is 0 Å². The molecule has 2 aromatic carbocycles. The molecule has 168 valence electrons. The molecule has 1 heterocycles. The summed E-state index contributed by atoms with van der Waals surface area (Å²) in [5.74, 6) is -0.258. The van der Waals surface area contributed by atoms with E-state index in [2.05, 4.69) is 22.0 Å². The van der Waals surface area contributed by atoms with Gasteiger partial charge in [-0.25, -0.2) is 8.42 Å². The summed E-state index contributed by atoms with van der Waals surface area (Å²) >= 11 is 0. The first-order valence-electron chi connectivity index (χ1n) is 10.9. The Balaban J connectivity index is 1.97. The van der Waals surface area contributed by atoms with E-state index >= 15 is 0 Å². The lowest BCUT2D eigenvalue weighted by molar-refractivity contribution is 0.102. The Morgan fingerprint density at radius 2 is 1.61 bits per heavy atom. The molecule has 0 aromatic heterocycles. The quantitative estimate of drug-likeness (QED) is 0.677. The second kappa shape index (κ2) is 10.3. The predicted octanol–water partition coefficient (Wildman–Crippen LogP) is 3.11. The molecule has 7 nitrogen and oxygen atoms in total. The number of anilines is 2. The summed E-state index contributed by atoms with van der Waals surface area (Å²) in [6, 6.07) is 14.0. The molecule has 1 aliphatic rings. The van der Waals surface area contributed by atoms with E-state index in [4.69, 9.17) is 0 Å². The normalized spacial score (nSPS) is 15.3. The second-order valence-electron chi connectivity index (χ2n) is 7.51. The molecule has 2 aromatic rings. The van der Waals surface area contributed by atoms with Crippen LogP contribution in [-0.4, -0.2) is 69.3 Å². The zero-order valence-electron chi connectivity index (χ0n) is 18.5. The van der Waals surface area contributed by atoms with Crippen LogP contribution in [0.15, 0.2) is 53.4 Å². The van der Waals surface area contributed by atoms with Crippen LogP contribution in [0.25, 0.3) is 0 Å². The number of amides is 1. The summed E-state index contributed by atoms with van der Waals surface area (Å²) in [4.78, 5) is 17.6. The van der Waals surface area contributed by atoms with Crippen LogP contribution in [0.1, 0.15) is 31.1 Å². The molecule has 1 saturated heterocycles. The van der Waals surface area contributed by atoms with Gasteiger partial charge in [0.15, 0.2) is 0 Å². The van der Waals surface area contributed by atoms with Crippen molar-refractivity contribution in [2.45, 2.75) is 25.7 Å². The lowest BCUT2D eigenvalue weighted by Crippen LogP contribution is -2.46. The van der Waals surface area contributed by atoms with Crippen LogP contribution in [0.4, 0.5) is 11.4 Å².